The maximum atomic E-state index is 12.3. The molecule has 0 atom stereocenters. The number of methoxy groups -OCH3 is 2. The van der Waals surface area contributed by atoms with Gasteiger partial charge in [-0.05, 0) is 0 Å². The third-order valence-corrected chi connectivity index (χ3v) is 1.92. The molecule has 0 fully saturated rings. The Labute approximate surface area is 112 Å². The molecular formula is C12H10F4N2O2. The third kappa shape index (κ3) is 5.09. The largest absolute Gasteiger partial charge is 0.496 e. The van der Waals surface area contributed by atoms with E-state index < -0.39 is 23.7 Å². The summed E-state index contributed by atoms with van der Waals surface area (Å²) in [7, 11) is 2.62. The molecule has 0 saturated carbocycles. The molecule has 2 heterocycles. The Balaban J connectivity index is 0.000000200. The normalized spacial score (nSPS) is 9.50. The van der Waals surface area contributed by atoms with Crippen LogP contribution in [0.25, 0.3) is 0 Å². The van der Waals surface area contributed by atoms with Crippen molar-refractivity contribution in [2.24, 2.45) is 0 Å². The fourth-order valence-corrected chi connectivity index (χ4v) is 1.11. The van der Waals surface area contributed by atoms with E-state index >= 15 is 0 Å². The van der Waals surface area contributed by atoms with Crippen LogP contribution in [0.4, 0.5) is 17.6 Å². The molecule has 0 aliphatic rings. The van der Waals surface area contributed by atoms with Crippen molar-refractivity contribution in [2.45, 2.75) is 0 Å². The van der Waals surface area contributed by atoms with Crippen LogP contribution in [0.1, 0.15) is 0 Å². The van der Waals surface area contributed by atoms with Crippen molar-refractivity contribution in [1.82, 2.24) is 9.97 Å². The molecule has 2 rings (SSSR count). The Morgan fingerprint density at radius 1 is 0.750 bits per heavy atom. The quantitative estimate of drug-likeness (QED) is 0.630. The lowest BCUT2D eigenvalue weighted by atomic mass is 10.4. The van der Waals surface area contributed by atoms with E-state index in [9.17, 15) is 17.6 Å². The minimum Gasteiger partial charge on any atom is -0.496 e. The summed E-state index contributed by atoms with van der Waals surface area (Å²) in [4.78, 5) is 6.09. The molecule has 4 nitrogen and oxygen atoms in total. The second kappa shape index (κ2) is 7.27. The Kier molecular flexibility index (Phi) is 5.70. The number of ether oxygens (including phenoxy) is 2. The summed E-state index contributed by atoms with van der Waals surface area (Å²) < 4.78 is 57.8. The summed E-state index contributed by atoms with van der Waals surface area (Å²) >= 11 is 0. The third-order valence-electron chi connectivity index (χ3n) is 1.92. The fraction of sp³-hybridized carbons (Fsp3) is 0.167. The number of halogens is 4. The van der Waals surface area contributed by atoms with E-state index in [1.54, 1.807) is 0 Å². The van der Waals surface area contributed by atoms with Gasteiger partial charge in [0.25, 0.3) is 0 Å². The summed E-state index contributed by atoms with van der Waals surface area (Å²) in [6, 6.07) is 3.69. The minimum atomic E-state index is -0.878. The lowest BCUT2D eigenvalue weighted by molar-refractivity contribution is 0.382. The molecule has 0 aliphatic heterocycles. The van der Waals surface area contributed by atoms with Gasteiger partial charge < -0.3 is 9.47 Å². The zero-order valence-electron chi connectivity index (χ0n) is 10.5. The van der Waals surface area contributed by atoms with E-state index in [1.165, 1.54) is 14.2 Å². The molecule has 0 aromatic carbocycles. The fourth-order valence-electron chi connectivity index (χ4n) is 1.11. The second-order valence-electron chi connectivity index (χ2n) is 3.30. The van der Waals surface area contributed by atoms with Gasteiger partial charge in [0.2, 0.25) is 23.7 Å². The zero-order chi connectivity index (χ0) is 15.1. The average Bonchev–Trinajstić information content (AvgIpc) is 2.37. The van der Waals surface area contributed by atoms with E-state index in [2.05, 4.69) is 19.4 Å². The molecule has 0 unspecified atom stereocenters. The van der Waals surface area contributed by atoms with Crippen LogP contribution in [0.5, 0.6) is 11.6 Å². The van der Waals surface area contributed by atoms with Crippen LogP contribution in [-0.2, 0) is 0 Å². The first-order valence-corrected chi connectivity index (χ1v) is 5.18. The van der Waals surface area contributed by atoms with E-state index in [1.807, 2.05) is 0 Å². The molecular weight excluding hydrogens is 280 g/mol. The van der Waals surface area contributed by atoms with Gasteiger partial charge in [-0.25, -0.2) is 4.39 Å². The number of pyridine rings is 2. The first-order chi connectivity index (χ1) is 9.44. The van der Waals surface area contributed by atoms with E-state index in [-0.39, 0.29) is 11.6 Å². The van der Waals surface area contributed by atoms with Crippen LogP contribution < -0.4 is 9.47 Å². The number of hydrogen-bond acceptors (Lipinski definition) is 4. The number of aromatic nitrogens is 2. The van der Waals surface area contributed by atoms with Crippen LogP contribution in [0.3, 0.4) is 0 Å². The molecule has 0 saturated heterocycles. The smallest absolute Gasteiger partial charge is 0.219 e. The Morgan fingerprint density at radius 2 is 1.30 bits per heavy atom. The highest BCUT2D eigenvalue weighted by molar-refractivity contribution is 5.18. The summed E-state index contributed by atoms with van der Waals surface area (Å²) in [5.41, 5.74) is 0. The number of hydrogen-bond donors (Lipinski definition) is 0. The molecule has 20 heavy (non-hydrogen) atoms. The molecule has 108 valence electrons. The first kappa shape index (κ1) is 15.7. The van der Waals surface area contributed by atoms with Gasteiger partial charge in [0.05, 0.1) is 14.2 Å². The molecule has 0 amide bonds. The van der Waals surface area contributed by atoms with Gasteiger partial charge in [0, 0.05) is 24.3 Å². The van der Waals surface area contributed by atoms with E-state index in [0.29, 0.717) is 6.07 Å². The molecule has 0 aliphatic carbocycles. The van der Waals surface area contributed by atoms with Gasteiger partial charge in [-0.3, -0.25) is 0 Å². The van der Waals surface area contributed by atoms with Crippen LogP contribution in [0.15, 0.2) is 24.3 Å². The average molecular weight is 290 g/mol. The monoisotopic (exact) mass is 290 g/mol. The van der Waals surface area contributed by atoms with E-state index in [0.717, 1.165) is 18.2 Å². The maximum absolute atomic E-state index is 12.3. The van der Waals surface area contributed by atoms with Crippen molar-refractivity contribution in [3.05, 3.63) is 47.9 Å². The minimum absolute atomic E-state index is 0.0579. The van der Waals surface area contributed by atoms with Crippen LogP contribution >= 0.6 is 0 Å². The van der Waals surface area contributed by atoms with E-state index in [4.69, 9.17) is 0 Å². The highest BCUT2D eigenvalue weighted by atomic mass is 19.1. The molecule has 0 N–H and O–H groups in total. The van der Waals surface area contributed by atoms with Gasteiger partial charge >= 0.3 is 0 Å². The van der Waals surface area contributed by atoms with Crippen molar-refractivity contribution >= 4 is 0 Å². The summed E-state index contributed by atoms with van der Waals surface area (Å²) in [6.07, 6.45) is 0. The first-order valence-electron chi connectivity index (χ1n) is 5.18. The number of nitrogens with zero attached hydrogens (tertiary/aromatic N) is 2. The van der Waals surface area contributed by atoms with Crippen LogP contribution in [0, 0.1) is 23.7 Å². The maximum Gasteiger partial charge on any atom is 0.219 e. The molecule has 0 bridgehead atoms. The summed E-state index contributed by atoms with van der Waals surface area (Å²) in [5, 5.41) is 0. The Hall–Kier alpha value is -2.38. The number of rotatable bonds is 2. The van der Waals surface area contributed by atoms with Gasteiger partial charge in [-0.15, -0.1) is 0 Å². The Bertz CT molecular complexity index is 489. The van der Waals surface area contributed by atoms with Crippen LogP contribution in [0.2, 0.25) is 0 Å². The SMILES string of the molecule is COc1cc(F)cc(F)n1.COc1cc(F)nc(F)c1. The lowest BCUT2D eigenvalue weighted by Crippen LogP contribution is -1.91. The topological polar surface area (TPSA) is 44.2 Å². The summed E-state index contributed by atoms with van der Waals surface area (Å²) in [6.45, 7) is 0. The second-order valence-corrected chi connectivity index (χ2v) is 3.30. The zero-order valence-corrected chi connectivity index (χ0v) is 10.5. The molecule has 0 spiro atoms. The highest BCUT2D eigenvalue weighted by Crippen LogP contribution is 2.11. The molecule has 2 aromatic heterocycles. The Morgan fingerprint density at radius 3 is 1.75 bits per heavy atom. The molecule has 2 aromatic rings. The van der Waals surface area contributed by atoms with Crippen molar-refractivity contribution in [1.29, 1.82) is 0 Å². The predicted octanol–water partition coefficient (Wildman–Crippen LogP) is 2.74. The molecule has 8 heteroatoms. The summed E-state index contributed by atoms with van der Waals surface area (Å²) in [5.74, 6) is -3.25. The van der Waals surface area contributed by atoms with Crippen LogP contribution in [-0.4, -0.2) is 24.2 Å². The van der Waals surface area contributed by atoms with Gasteiger partial charge in [0.15, 0.2) is 0 Å². The predicted molar refractivity (Wildman–Crippen MR) is 61.4 cm³/mol. The van der Waals surface area contributed by atoms with Crippen molar-refractivity contribution in [3.63, 3.8) is 0 Å². The van der Waals surface area contributed by atoms with Gasteiger partial charge in [-0.2, -0.15) is 23.1 Å². The van der Waals surface area contributed by atoms with Gasteiger partial charge in [-0.1, -0.05) is 0 Å². The highest BCUT2D eigenvalue weighted by Gasteiger charge is 2.00. The van der Waals surface area contributed by atoms with Crippen molar-refractivity contribution < 1.29 is 27.0 Å². The standard InChI is InChI=1S/2C6H5F2NO/c1-10-4-2-5(7)9-6(8)3-4;1-10-6-3-4(7)2-5(8)9-6/h2*2-3H,1H3. The van der Waals surface area contributed by atoms with Crippen molar-refractivity contribution in [2.75, 3.05) is 14.2 Å². The lowest BCUT2D eigenvalue weighted by Gasteiger charge is -1.97. The van der Waals surface area contributed by atoms with Crippen molar-refractivity contribution in [3.8, 4) is 11.6 Å². The van der Waals surface area contributed by atoms with Gasteiger partial charge in [0.1, 0.15) is 11.6 Å². The molecule has 0 radical (unpaired) electrons.